The number of piperidine rings is 1. The molecule has 1 aromatic rings. The van der Waals surface area contributed by atoms with Crippen LogP contribution in [0, 0.1) is 13.8 Å². The van der Waals surface area contributed by atoms with E-state index in [9.17, 15) is 0 Å². The molecule has 6 nitrogen and oxygen atoms in total. The quantitative estimate of drug-likeness (QED) is 0.377. The number of nitrogens with zero attached hydrogens (tertiary/aromatic N) is 4. The smallest absolute Gasteiger partial charge is 0.191 e. The Morgan fingerprint density at radius 1 is 1.15 bits per heavy atom. The minimum Gasteiger partial charge on any atom is -0.356 e. The highest BCUT2D eigenvalue weighted by Gasteiger charge is 2.27. The monoisotopic (exact) mass is 476 g/mol. The summed E-state index contributed by atoms with van der Waals surface area (Å²) >= 11 is 0. The normalized spacial score (nSPS) is 16.3. The fraction of sp³-hybridized carbons (Fsp3) is 0.789. The zero-order chi connectivity index (χ0) is 18.4. The number of likely N-dealkylation sites (tertiary alicyclic amines) is 1. The summed E-state index contributed by atoms with van der Waals surface area (Å²) in [5, 5.41) is 11.4. The van der Waals surface area contributed by atoms with E-state index in [-0.39, 0.29) is 29.5 Å². The molecule has 0 saturated carbocycles. The number of halogens is 1. The molecule has 0 aromatic carbocycles. The van der Waals surface area contributed by atoms with Crippen LogP contribution >= 0.6 is 24.0 Å². The van der Waals surface area contributed by atoms with Crippen molar-refractivity contribution in [3.05, 3.63) is 17.0 Å². The molecule has 2 N–H and O–H groups in total. The first-order chi connectivity index (χ1) is 11.8. The molecule has 0 radical (unpaired) electrons. The molecule has 0 bridgehead atoms. The van der Waals surface area contributed by atoms with Crippen LogP contribution in [0.1, 0.15) is 50.1 Å². The fourth-order valence-corrected chi connectivity index (χ4v) is 3.62. The topological polar surface area (TPSA) is 57.5 Å². The van der Waals surface area contributed by atoms with E-state index in [0.29, 0.717) is 0 Å². The molecule has 0 spiro atoms. The van der Waals surface area contributed by atoms with Crippen molar-refractivity contribution in [2.75, 3.05) is 33.2 Å². The van der Waals surface area contributed by atoms with Crippen LogP contribution in [-0.2, 0) is 13.5 Å². The first-order valence-electron chi connectivity index (χ1n) is 9.54. The van der Waals surface area contributed by atoms with Crippen LogP contribution < -0.4 is 10.6 Å². The van der Waals surface area contributed by atoms with Gasteiger partial charge in [-0.25, -0.2) is 0 Å². The highest BCUT2D eigenvalue weighted by Crippen LogP contribution is 2.19. The average Bonchev–Trinajstić information content (AvgIpc) is 2.84. The van der Waals surface area contributed by atoms with E-state index >= 15 is 0 Å². The number of aromatic nitrogens is 2. The predicted molar refractivity (Wildman–Crippen MR) is 121 cm³/mol. The fourth-order valence-electron chi connectivity index (χ4n) is 3.62. The van der Waals surface area contributed by atoms with Gasteiger partial charge in [-0.1, -0.05) is 6.42 Å². The second-order valence-corrected chi connectivity index (χ2v) is 7.74. The third-order valence-electron chi connectivity index (χ3n) is 5.45. The van der Waals surface area contributed by atoms with Gasteiger partial charge in [-0.2, -0.15) is 5.10 Å². The molecule has 1 saturated heterocycles. The number of guanidine groups is 1. The van der Waals surface area contributed by atoms with Gasteiger partial charge in [0.15, 0.2) is 5.96 Å². The molecular formula is C19H37IN6. The molecule has 1 aliphatic heterocycles. The van der Waals surface area contributed by atoms with Crippen molar-refractivity contribution >= 4 is 29.9 Å². The van der Waals surface area contributed by atoms with Crippen molar-refractivity contribution in [3.63, 3.8) is 0 Å². The number of aliphatic imine (C=N–C) groups is 1. The predicted octanol–water partition coefficient (Wildman–Crippen LogP) is 2.63. The maximum Gasteiger partial charge on any atom is 0.191 e. The van der Waals surface area contributed by atoms with Gasteiger partial charge in [0.2, 0.25) is 0 Å². The molecule has 1 aromatic heterocycles. The lowest BCUT2D eigenvalue weighted by molar-refractivity contribution is 0.0982. The van der Waals surface area contributed by atoms with Crippen molar-refractivity contribution in [2.45, 2.75) is 58.9 Å². The summed E-state index contributed by atoms with van der Waals surface area (Å²) in [4.78, 5) is 6.97. The van der Waals surface area contributed by atoms with Gasteiger partial charge in [0.1, 0.15) is 0 Å². The van der Waals surface area contributed by atoms with Gasteiger partial charge in [-0.05, 0) is 65.6 Å². The van der Waals surface area contributed by atoms with Gasteiger partial charge in [0, 0.05) is 38.4 Å². The maximum absolute atomic E-state index is 4.49. The van der Waals surface area contributed by atoms with Crippen LogP contribution in [0.4, 0.5) is 0 Å². The van der Waals surface area contributed by atoms with E-state index in [0.717, 1.165) is 31.2 Å². The lowest BCUT2D eigenvalue weighted by atomic mass is 9.98. The van der Waals surface area contributed by atoms with Crippen LogP contribution in [0.15, 0.2) is 4.99 Å². The second kappa shape index (κ2) is 10.5. The van der Waals surface area contributed by atoms with E-state index in [1.807, 2.05) is 18.8 Å². The zero-order valence-electron chi connectivity index (χ0n) is 17.4. The Labute approximate surface area is 176 Å². The largest absolute Gasteiger partial charge is 0.356 e. The molecule has 0 amide bonds. The lowest BCUT2D eigenvalue weighted by Crippen LogP contribution is -2.55. The Morgan fingerprint density at radius 3 is 2.35 bits per heavy atom. The Balaban J connectivity index is 0.00000338. The van der Waals surface area contributed by atoms with Gasteiger partial charge in [-0.3, -0.25) is 14.6 Å². The van der Waals surface area contributed by atoms with Crippen molar-refractivity contribution < 1.29 is 0 Å². The molecule has 0 unspecified atom stereocenters. The number of hydrogen-bond acceptors (Lipinski definition) is 3. The SMILES string of the molecule is CN=C(NCCc1c(C)nn(C)c1C)NCC(C)(C)N1CCCCC1.I. The zero-order valence-corrected chi connectivity index (χ0v) is 19.7. The molecule has 0 aliphatic carbocycles. The summed E-state index contributed by atoms with van der Waals surface area (Å²) < 4.78 is 1.96. The van der Waals surface area contributed by atoms with E-state index < -0.39 is 0 Å². The molecule has 2 rings (SSSR count). The molecule has 2 heterocycles. The maximum atomic E-state index is 4.49. The van der Waals surface area contributed by atoms with Gasteiger partial charge in [-0.15, -0.1) is 24.0 Å². The van der Waals surface area contributed by atoms with Crippen LogP contribution in [0.5, 0.6) is 0 Å². The average molecular weight is 476 g/mol. The number of aryl methyl sites for hydroxylation is 2. The van der Waals surface area contributed by atoms with Crippen LogP contribution in [-0.4, -0.2) is 59.4 Å². The van der Waals surface area contributed by atoms with Crippen LogP contribution in [0.3, 0.4) is 0 Å². The Kier molecular flexibility index (Phi) is 9.36. The van der Waals surface area contributed by atoms with Gasteiger partial charge < -0.3 is 10.6 Å². The van der Waals surface area contributed by atoms with E-state index in [1.165, 1.54) is 43.6 Å². The molecular weight excluding hydrogens is 439 g/mol. The highest BCUT2D eigenvalue weighted by atomic mass is 127. The molecule has 7 heteroatoms. The highest BCUT2D eigenvalue weighted by molar-refractivity contribution is 14.0. The second-order valence-electron chi connectivity index (χ2n) is 7.74. The Morgan fingerprint density at radius 2 is 1.81 bits per heavy atom. The summed E-state index contributed by atoms with van der Waals surface area (Å²) in [6.07, 6.45) is 4.97. The van der Waals surface area contributed by atoms with Crippen molar-refractivity contribution in [2.24, 2.45) is 12.0 Å². The molecule has 150 valence electrons. The number of nitrogens with one attached hydrogen (secondary N) is 2. The van der Waals surface area contributed by atoms with Gasteiger partial charge >= 0.3 is 0 Å². The van der Waals surface area contributed by atoms with Gasteiger partial charge in [0.05, 0.1) is 5.69 Å². The molecule has 0 atom stereocenters. The summed E-state index contributed by atoms with van der Waals surface area (Å²) in [6.45, 7) is 13.0. The first-order valence-corrected chi connectivity index (χ1v) is 9.54. The summed E-state index contributed by atoms with van der Waals surface area (Å²) in [5.41, 5.74) is 3.85. The van der Waals surface area contributed by atoms with Crippen molar-refractivity contribution in [3.8, 4) is 0 Å². The summed E-state index contributed by atoms with van der Waals surface area (Å²) in [7, 11) is 3.84. The number of rotatable bonds is 6. The van der Waals surface area contributed by atoms with Crippen molar-refractivity contribution in [1.82, 2.24) is 25.3 Å². The summed E-state index contributed by atoms with van der Waals surface area (Å²) in [6, 6.07) is 0. The van der Waals surface area contributed by atoms with E-state index in [1.54, 1.807) is 0 Å². The standard InChI is InChI=1S/C19H36N6.HI/c1-15-17(16(2)24(6)23-15)10-11-21-18(20-5)22-14-19(3,4)25-12-8-7-9-13-25;/h7-14H2,1-6H3,(H2,20,21,22);1H. The minimum atomic E-state index is 0. The Bertz CT molecular complexity index is 587. The Hall–Kier alpha value is -0.830. The summed E-state index contributed by atoms with van der Waals surface area (Å²) in [5.74, 6) is 0.879. The third kappa shape index (κ3) is 6.11. The van der Waals surface area contributed by atoms with Crippen molar-refractivity contribution in [1.29, 1.82) is 0 Å². The molecule has 1 aliphatic rings. The lowest BCUT2D eigenvalue weighted by Gasteiger charge is -2.41. The van der Waals surface area contributed by atoms with Gasteiger partial charge in [0.25, 0.3) is 0 Å². The molecule has 26 heavy (non-hydrogen) atoms. The minimum absolute atomic E-state index is 0. The molecule has 1 fully saturated rings. The van der Waals surface area contributed by atoms with Crippen LogP contribution in [0.2, 0.25) is 0 Å². The third-order valence-corrected chi connectivity index (χ3v) is 5.45. The first kappa shape index (κ1) is 23.2. The number of hydrogen-bond donors (Lipinski definition) is 2. The van der Waals surface area contributed by atoms with Crippen LogP contribution in [0.25, 0.3) is 0 Å². The van der Waals surface area contributed by atoms with E-state index in [2.05, 4.69) is 53.3 Å². The van der Waals surface area contributed by atoms with E-state index in [4.69, 9.17) is 0 Å².